The molecule has 3 rings (SSSR count). The second-order valence-electron chi connectivity index (χ2n) is 7.58. The van der Waals surface area contributed by atoms with Crippen molar-refractivity contribution in [2.75, 3.05) is 7.11 Å². The first-order valence-electron chi connectivity index (χ1n) is 8.67. The summed E-state index contributed by atoms with van der Waals surface area (Å²) in [5.74, 6) is 0.0556. The molecule has 1 aliphatic carbocycles. The van der Waals surface area contributed by atoms with E-state index < -0.39 is 5.60 Å². The summed E-state index contributed by atoms with van der Waals surface area (Å²) in [5, 5.41) is 32.6. The molecule has 1 atom stereocenters. The molecule has 1 aliphatic rings. The van der Waals surface area contributed by atoms with Crippen molar-refractivity contribution in [2.24, 2.45) is 5.92 Å². The second-order valence-corrected chi connectivity index (χ2v) is 7.58. The van der Waals surface area contributed by atoms with Crippen LogP contribution < -0.4 is 4.74 Å². The highest BCUT2D eigenvalue weighted by atomic mass is 16.5. The molecule has 0 fully saturated rings. The predicted molar refractivity (Wildman–Crippen MR) is 101 cm³/mol. The number of phenolic OH excluding ortho intramolecular Hbond substituents is 2. The van der Waals surface area contributed by atoms with Gasteiger partial charge >= 0.3 is 0 Å². The lowest BCUT2D eigenvalue weighted by Gasteiger charge is -2.30. The van der Waals surface area contributed by atoms with Gasteiger partial charge in [-0.05, 0) is 35.9 Å². The zero-order valence-electron chi connectivity index (χ0n) is 15.5. The summed E-state index contributed by atoms with van der Waals surface area (Å²) in [7, 11) is 1.51. The minimum atomic E-state index is -1.14. The minimum absolute atomic E-state index is 0.0594. The van der Waals surface area contributed by atoms with Gasteiger partial charge in [-0.1, -0.05) is 26.0 Å². The molecule has 0 saturated carbocycles. The molecule has 0 bridgehead atoms. The third-order valence-electron chi connectivity index (χ3n) is 4.72. The van der Waals surface area contributed by atoms with Gasteiger partial charge in [0, 0.05) is 12.8 Å². The summed E-state index contributed by atoms with van der Waals surface area (Å²) in [6.07, 6.45) is 3.87. The van der Waals surface area contributed by atoms with Gasteiger partial charge in [0.1, 0.15) is 17.2 Å². The van der Waals surface area contributed by atoms with Crippen LogP contribution in [0.3, 0.4) is 0 Å². The molecule has 0 spiro atoms. The summed E-state index contributed by atoms with van der Waals surface area (Å²) >= 11 is 0. The maximum absolute atomic E-state index is 12.5. The number of hydrogen-bond acceptors (Lipinski definition) is 5. The van der Waals surface area contributed by atoms with E-state index in [9.17, 15) is 20.1 Å². The number of hydrogen-bond donors (Lipinski definition) is 3. The molecular weight excluding hydrogens is 332 g/mol. The number of benzene rings is 2. The number of allylic oxidation sites excluding steroid dienone is 1. The lowest BCUT2D eigenvalue weighted by Crippen LogP contribution is -2.35. The van der Waals surface area contributed by atoms with Crippen LogP contribution in [0.25, 0.3) is 16.8 Å². The van der Waals surface area contributed by atoms with Crippen LogP contribution in [-0.2, 0) is 6.42 Å². The zero-order chi connectivity index (χ0) is 19.2. The molecule has 0 heterocycles. The van der Waals surface area contributed by atoms with Gasteiger partial charge in [0.15, 0.2) is 5.78 Å². The van der Waals surface area contributed by atoms with Crippen molar-refractivity contribution in [1.29, 1.82) is 0 Å². The molecule has 3 N–H and O–H groups in total. The Labute approximate surface area is 152 Å². The predicted octanol–water partition coefficient (Wildman–Crippen LogP) is 3.81. The number of Topliss-reactive ketones (excluding diaryl/α,β-unsaturated/α-hetero) is 1. The number of aliphatic hydroxyl groups is 1. The van der Waals surface area contributed by atoms with E-state index in [-0.39, 0.29) is 47.0 Å². The van der Waals surface area contributed by atoms with Crippen molar-refractivity contribution < 1.29 is 24.9 Å². The minimum Gasteiger partial charge on any atom is -0.506 e. The second kappa shape index (κ2) is 6.32. The Balaban J connectivity index is 2.33. The Bertz CT molecular complexity index is 922. The summed E-state index contributed by atoms with van der Waals surface area (Å²) in [4.78, 5) is 12.5. The Morgan fingerprint density at radius 2 is 1.88 bits per heavy atom. The summed E-state index contributed by atoms with van der Waals surface area (Å²) in [5.41, 5.74) is 0.0710. The highest BCUT2D eigenvalue weighted by molar-refractivity contribution is 6.10. The number of fused-ring (bicyclic) bond motifs is 2. The summed E-state index contributed by atoms with van der Waals surface area (Å²) < 4.78 is 5.40. The van der Waals surface area contributed by atoms with E-state index in [1.54, 1.807) is 25.1 Å². The molecule has 0 aliphatic heterocycles. The van der Waals surface area contributed by atoms with Crippen molar-refractivity contribution in [3.63, 3.8) is 0 Å². The molecule has 2 aromatic carbocycles. The number of methoxy groups -OCH3 is 1. The van der Waals surface area contributed by atoms with Gasteiger partial charge in [0.25, 0.3) is 0 Å². The highest BCUT2D eigenvalue weighted by Crippen LogP contribution is 2.46. The van der Waals surface area contributed by atoms with Crippen LogP contribution in [0.15, 0.2) is 18.2 Å². The van der Waals surface area contributed by atoms with E-state index in [4.69, 9.17) is 4.74 Å². The Kier molecular flexibility index (Phi) is 4.44. The summed E-state index contributed by atoms with van der Waals surface area (Å²) in [6.45, 7) is 5.63. The van der Waals surface area contributed by atoms with Crippen LogP contribution in [0, 0.1) is 5.92 Å². The first-order valence-corrected chi connectivity index (χ1v) is 8.67. The van der Waals surface area contributed by atoms with Gasteiger partial charge in [-0.3, -0.25) is 4.79 Å². The van der Waals surface area contributed by atoms with Crippen molar-refractivity contribution in [3.05, 3.63) is 34.9 Å². The van der Waals surface area contributed by atoms with Gasteiger partial charge < -0.3 is 20.1 Å². The SMILES string of the molecule is COc1cc2cc3c(c(O)c2c(O)c1/C=C/C(C)C)C(=O)CC(C)(O)C3. The molecule has 2 aromatic rings. The van der Waals surface area contributed by atoms with E-state index >= 15 is 0 Å². The molecular formula is C21H24O5. The molecule has 5 nitrogen and oxygen atoms in total. The lowest BCUT2D eigenvalue weighted by molar-refractivity contribution is 0.0409. The Morgan fingerprint density at radius 3 is 2.50 bits per heavy atom. The van der Waals surface area contributed by atoms with Crippen LogP contribution in [0.5, 0.6) is 17.2 Å². The van der Waals surface area contributed by atoms with Gasteiger partial charge in [-0.15, -0.1) is 0 Å². The maximum atomic E-state index is 12.5. The molecule has 26 heavy (non-hydrogen) atoms. The average Bonchev–Trinajstić information content (AvgIpc) is 2.51. The number of ether oxygens (including phenoxy) is 1. The van der Waals surface area contributed by atoms with Gasteiger partial charge in [0.05, 0.1) is 29.2 Å². The number of aromatic hydroxyl groups is 2. The number of carbonyl (C=O) groups is 1. The molecule has 0 radical (unpaired) electrons. The van der Waals surface area contributed by atoms with E-state index in [0.717, 1.165) is 0 Å². The van der Waals surface area contributed by atoms with Gasteiger partial charge in [0.2, 0.25) is 0 Å². The standard InChI is InChI=1S/C21H24O5/c1-11(2)5-6-14-16(26-4)8-12-7-13-9-21(3,25)10-15(22)17(13)20(24)18(12)19(14)23/h5-8,11,23-25H,9-10H2,1-4H3/b6-5+. The van der Waals surface area contributed by atoms with Crippen LogP contribution in [0.1, 0.15) is 48.7 Å². The molecule has 138 valence electrons. The third-order valence-corrected chi connectivity index (χ3v) is 4.72. The van der Waals surface area contributed by atoms with Gasteiger partial charge in [-0.2, -0.15) is 0 Å². The van der Waals surface area contributed by atoms with Crippen molar-refractivity contribution >= 4 is 22.6 Å². The fourth-order valence-corrected chi connectivity index (χ4v) is 3.56. The normalized spacial score (nSPS) is 20.2. The van der Waals surface area contributed by atoms with Crippen LogP contribution in [0.4, 0.5) is 0 Å². The van der Waals surface area contributed by atoms with Gasteiger partial charge in [-0.25, -0.2) is 0 Å². The smallest absolute Gasteiger partial charge is 0.169 e. The molecule has 0 saturated heterocycles. The maximum Gasteiger partial charge on any atom is 0.169 e. The van der Waals surface area contributed by atoms with E-state index in [0.29, 0.717) is 22.3 Å². The van der Waals surface area contributed by atoms with E-state index in [1.807, 2.05) is 19.9 Å². The van der Waals surface area contributed by atoms with E-state index in [1.165, 1.54) is 7.11 Å². The van der Waals surface area contributed by atoms with Crippen LogP contribution in [0.2, 0.25) is 0 Å². The number of ketones is 1. The van der Waals surface area contributed by atoms with Crippen molar-refractivity contribution in [3.8, 4) is 17.2 Å². The largest absolute Gasteiger partial charge is 0.506 e. The van der Waals surface area contributed by atoms with Crippen LogP contribution in [-0.4, -0.2) is 33.8 Å². The fourth-order valence-electron chi connectivity index (χ4n) is 3.56. The third kappa shape index (κ3) is 3.03. The number of carbonyl (C=O) groups excluding carboxylic acids is 1. The van der Waals surface area contributed by atoms with Crippen molar-refractivity contribution in [1.82, 2.24) is 0 Å². The first kappa shape index (κ1) is 18.3. The van der Waals surface area contributed by atoms with Crippen LogP contribution >= 0.6 is 0 Å². The lowest BCUT2D eigenvalue weighted by atomic mass is 9.79. The topological polar surface area (TPSA) is 87.0 Å². The fraction of sp³-hybridized carbons (Fsp3) is 0.381. The average molecular weight is 356 g/mol. The number of phenols is 2. The monoisotopic (exact) mass is 356 g/mol. The van der Waals surface area contributed by atoms with E-state index in [2.05, 4.69) is 0 Å². The molecule has 0 aromatic heterocycles. The molecule has 0 amide bonds. The highest BCUT2D eigenvalue weighted by Gasteiger charge is 2.36. The first-order chi connectivity index (χ1) is 12.1. The number of rotatable bonds is 3. The quantitative estimate of drug-likeness (QED) is 0.778. The Hall–Kier alpha value is -2.53. The van der Waals surface area contributed by atoms with Crippen molar-refractivity contribution in [2.45, 2.75) is 39.2 Å². The molecule has 5 heteroatoms. The molecule has 1 unspecified atom stereocenters. The Morgan fingerprint density at radius 1 is 1.19 bits per heavy atom. The zero-order valence-corrected chi connectivity index (χ0v) is 15.5. The summed E-state index contributed by atoms with van der Waals surface area (Å²) in [6, 6.07) is 3.46.